The van der Waals surface area contributed by atoms with Crippen molar-refractivity contribution in [2.45, 2.75) is 46.0 Å². The molecule has 1 aromatic rings. The van der Waals surface area contributed by atoms with Crippen LogP contribution in [0.1, 0.15) is 45.1 Å². The molecule has 0 aliphatic carbocycles. The quantitative estimate of drug-likeness (QED) is 0.567. The van der Waals surface area contributed by atoms with Gasteiger partial charge in [-0.05, 0) is 37.1 Å². The van der Waals surface area contributed by atoms with E-state index in [4.69, 9.17) is 9.47 Å². The highest BCUT2D eigenvalue weighted by molar-refractivity contribution is 5.43. The number of hydrogen-bond donors (Lipinski definition) is 0. The van der Waals surface area contributed by atoms with Gasteiger partial charge in [0.15, 0.2) is 11.5 Å². The zero-order valence-electron chi connectivity index (χ0n) is 16.4. The van der Waals surface area contributed by atoms with Crippen molar-refractivity contribution < 1.29 is 9.47 Å². The summed E-state index contributed by atoms with van der Waals surface area (Å²) in [7, 11) is 1.72. The van der Waals surface area contributed by atoms with E-state index in [1.165, 1.54) is 44.5 Å². The number of unbranched alkanes of at least 4 members (excludes halogenated alkanes) is 2. The largest absolute Gasteiger partial charge is 0.493 e. The van der Waals surface area contributed by atoms with Crippen LogP contribution in [0.3, 0.4) is 0 Å². The summed E-state index contributed by atoms with van der Waals surface area (Å²) in [6, 6.07) is 6.31. The monoisotopic (exact) mass is 348 g/mol. The van der Waals surface area contributed by atoms with Gasteiger partial charge in [0.2, 0.25) is 0 Å². The second kappa shape index (κ2) is 11.4. The van der Waals surface area contributed by atoms with Gasteiger partial charge in [0.25, 0.3) is 0 Å². The van der Waals surface area contributed by atoms with Crippen LogP contribution in [0.5, 0.6) is 11.5 Å². The fraction of sp³-hybridized carbons (Fsp3) is 0.714. The summed E-state index contributed by atoms with van der Waals surface area (Å²) in [5.41, 5.74) is 1.31. The Bertz CT molecular complexity index is 485. The van der Waals surface area contributed by atoms with E-state index in [2.05, 4.69) is 41.8 Å². The van der Waals surface area contributed by atoms with E-state index in [-0.39, 0.29) is 0 Å². The minimum atomic E-state index is 0.722. The number of hydrogen-bond acceptors (Lipinski definition) is 4. The molecule has 0 atom stereocenters. The van der Waals surface area contributed by atoms with Crippen LogP contribution in [0, 0.1) is 0 Å². The van der Waals surface area contributed by atoms with Crippen LogP contribution in [0.2, 0.25) is 0 Å². The van der Waals surface area contributed by atoms with Crippen LogP contribution in [0.15, 0.2) is 18.2 Å². The Hall–Kier alpha value is -1.26. The van der Waals surface area contributed by atoms with E-state index in [1.54, 1.807) is 7.11 Å². The van der Waals surface area contributed by atoms with Crippen LogP contribution in [0.4, 0.5) is 0 Å². The smallest absolute Gasteiger partial charge is 0.161 e. The molecule has 1 aliphatic rings. The molecule has 1 aliphatic heterocycles. The molecule has 25 heavy (non-hydrogen) atoms. The van der Waals surface area contributed by atoms with Crippen molar-refractivity contribution in [2.75, 3.05) is 53.0 Å². The van der Waals surface area contributed by atoms with Gasteiger partial charge in [-0.1, -0.05) is 39.2 Å². The van der Waals surface area contributed by atoms with Gasteiger partial charge in [-0.3, -0.25) is 4.90 Å². The molecule has 1 aromatic carbocycles. The lowest BCUT2D eigenvalue weighted by Gasteiger charge is -2.34. The third kappa shape index (κ3) is 6.87. The minimum Gasteiger partial charge on any atom is -0.493 e. The predicted octanol–water partition coefficient (Wildman–Crippen LogP) is 3.83. The Kier molecular flexibility index (Phi) is 9.12. The number of aryl methyl sites for hydroxylation is 1. The van der Waals surface area contributed by atoms with Gasteiger partial charge < -0.3 is 14.4 Å². The molecule has 4 heteroatoms. The lowest BCUT2D eigenvalue weighted by atomic mass is 10.1. The second-order valence-electron chi connectivity index (χ2n) is 6.97. The number of piperazine rings is 1. The molecule has 0 bridgehead atoms. The summed E-state index contributed by atoms with van der Waals surface area (Å²) in [5.74, 6) is 1.72. The Morgan fingerprint density at radius 3 is 2.24 bits per heavy atom. The summed E-state index contributed by atoms with van der Waals surface area (Å²) in [6.45, 7) is 12.1. The first-order chi connectivity index (χ1) is 12.3. The molecule has 0 amide bonds. The summed E-state index contributed by atoms with van der Waals surface area (Å²) in [6.07, 6.45) is 6.23. The molecule has 0 radical (unpaired) electrons. The van der Waals surface area contributed by atoms with Crippen molar-refractivity contribution in [1.29, 1.82) is 0 Å². The molecule has 142 valence electrons. The van der Waals surface area contributed by atoms with Gasteiger partial charge in [0, 0.05) is 32.7 Å². The third-order valence-corrected chi connectivity index (χ3v) is 4.97. The summed E-state index contributed by atoms with van der Waals surface area (Å²) < 4.78 is 11.5. The summed E-state index contributed by atoms with van der Waals surface area (Å²) in [4.78, 5) is 5.11. The average molecular weight is 349 g/mol. The summed E-state index contributed by atoms with van der Waals surface area (Å²) in [5, 5.41) is 0. The molecular formula is C21H36N2O2. The van der Waals surface area contributed by atoms with E-state index in [0.717, 1.165) is 50.6 Å². The van der Waals surface area contributed by atoms with Crippen LogP contribution in [0.25, 0.3) is 0 Å². The number of ether oxygens (including phenoxy) is 2. The van der Waals surface area contributed by atoms with Crippen LogP contribution in [-0.2, 0) is 6.42 Å². The minimum absolute atomic E-state index is 0.722. The molecule has 0 spiro atoms. The van der Waals surface area contributed by atoms with Crippen molar-refractivity contribution in [3.63, 3.8) is 0 Å². The predicted molar refractivity (Wildman–Crippen MR) is 105 cm³/mol. The van der Waals surface area contributed by atoms with E-state index in [9.17, 15) is 0 Å². The highest BCUT2D eigenvalue weighted by Crippen LogP contribution is 2.28. The third-order valence-electron chi connectivity index (χ3n) is 4.97. The zero-order valence-corrected chi connectivity index (χ0v) is 16.4. The second-order valence-corrected chi connectivity index (χ2v) is 6.97. The highest BCUT2D eigenvalue weighted by Gasteiger charge is 2.16. The molecule has 0 aromatic heterocycles. The zero-order chi connectivity index (χ0) is 17.9. The van der Waals surface area contributed by atoms with Gasteiger partial charge in [0.05, 0.1) is 7.11 Å². The van der Waals surface area contributed by atoms with E-state index in [0.29, 0.717) is 0 Å². The normalized spacial score (nSPS) is 16.1. The van der Waals surface area contributed by atoms with Crippen molar-refractivity contribution in [3.8, 4) is 11.5 Å². The molecule has 0 saturated carbocycles. The first kappa shape index (κ1) is 20.1. The van der Waals surface area contributed by atoms with Crippen molar-refractivity contribution in [3.05, 3.63) is 23.8 Å². The topological polar surface area (TPSA) is 24.9 Å². The fourth-order valence-corrected chi connectivity index (χ4v) is 3.38. The summed E-state index contributed by atoms with van der Waals surface area (Å²) >= 11 is 0. The number of rotatable bonds is 11. The standard InChI is InChI=1S/C21H36N2O2/c1-4-6-7-11-22-12-14-23(15-13-22)16-17-25-20-10-9-19(8-5-2)18-21(20)24-3/h9-10,18H,4-8,11-17H2,1-3H3. The lowest BCUT2D eigenvalue weighted by Crippen LogP contribution is -2.47. The van der Waals surface area contributed by atoms with E-state index < -0.39 is 0 Å². The Morgan fingerprint density at radius 2 is 1.60 bits per heavy atom. The van der Waals surface area contributed by atoms with Crippen LogP contribution in [-0.4, -0.2) is 62.8 Å². The van der Waals surface area contributed by atoms with Gasteiger partial charge >= 0.3 is 0 Å². The maximum atomic E-state index is 5.99. The Morgan fingerprint density at radius 1 is 0.880 bits per heavy atom. The number of nitrogens with zero attached hydrogens (tertiary/aromatic N) is 2. The molecule has 0 N–H and O–H groups in total. The molecule has 1 saturated heterocycles. The first-order valence-corrected chi connectivity index (χ1v) is 10.0. The van der Waals surface area contributed by atoms with E-state index in [1.807, 2.05) is 0 Å². The molecule has 2 rings (SSSR count). The van der Waals surface area contributed by atoms with Gasteiger partial charge in [-0.25, -0.2) is 0 Å². The fourth-order valence-electron chi connectivity index (χ4n) is 3.38. The maximum Gasteiger partial charge on any atom is 0.161 e. The van der Waals surface area contributed by atoms with Gasteiger partial charge in [-0.2, -0.15) is 0 Å². The van der Waals surface area contributed by atoms with Crippen LogP contribution >= 0.6 is 0 Å². The van der Waals surface area contributed by atoms with Gasteiger partial charge in [-0.15, -0.1) is 0 Å². The van der Waals surface area contributed by atoms with Crippen LogP contribution < -0.4 is 9.47 Å². The SMILES string of the molecule is CCCCCN1CCN(CCOc2ccc(CCC)cc2OC)CC1. The molecule has 1 fully saturated rings. The molecule has 1 heterocycles. The highest BCUT2D eigenvalue weighted by atomic mass is 16.5. The Labute approximate surface area is 154 Å². The van der Waals surface area contributed by atoms with Crippen molar-refractivity contribution in [1.82, 2.24) is 9.80 Å². The first-order valence-electron chi connectivity index (χ1n) is 10.0. The lowest BCUT2D eigenvalue weighted by molar-refractivity contribution is 0.115. The number of methoxy groups -OCH3 is 1. The maximum absolute atomic E-state index is 5.99. The van der Waals surface area contributed by atoms with Gasteiger partial charge in [0.1, 0.15) is 6.61 Å². The average Bonchev–Trinajstić information content (AvgIpc) is 2.64. The molecule has 0 unspecified atom stereocenters. The number of benzene rings is 1. The molecule has 4 nitrogen and oxygen atoms in total. The van der Waals surface area contributed by atoms with Crippen molar-refractivity contribution in [2.24, 2.45) is 0 Å². The van der Waals surface area contributed by atoms with Crippen molar-refractivity contribution >= 4 is 0 Å². The Balaban J connectivity index is 1.69. The van der Waals surface area contributed by atoms with E-state index >= 15 is 0 Å². The molecular weight excluding hydrogens is 312 g/mol.